The molecule has 0 fully saturated rings. The van der Waals surface area contributed by atoms with Crippen LogP contribution in [-0.4, -0.2) is 40.6 Å². The summed E-state index contributed by atoms with van der Waals surface area (Å²) >= 11 is 12.0. The van der Waals surface area contributed by atoms with Gasteiger partial charge in [0.2, 0.25) is 15.9 Å². The highest BCUT2D eigenvalue weighted by Crippen LogP contribution is 2.29. The van der Waals surface area contributed by atoms with Crippen molar-refractivity contribution < 1.29 is 22.7 Å². The lowest BCUT2D eigenvalue weighted by Gasteiger charge is -2.22. The van der Waals surface area contributed by atoms with Crippen LogP contribution in [0.3, 0.4) is 0 Å². The van der Waals surface area contributed by atoms with Crippen LogP contribution in [0, 0.1) is 5.92 Å². The van der Waals surface area contributed by atoms with Crippen LogP contribution < -0.4 is 19.5 Å². The van der Waals surface area contributed by atoms with Crippen LogP contribution in [0.15, 0.2) is 47.4 Å². The van der Waals surface area contributed by atoms with Gasteiger partial charge in [-0.15, -0.1) is 0 Å². The number of halogens is 2. The minimum absolute atomic E-state index is 0.0224. The molecule has 7 nitrogen and oxygen atoms in total. The van der Waals surface area contributed by atoms with Crippen LogP contribution in [0.2, 0.25) is 10.0 Å². The standard InChI is InChI=1S/C20H24Cl2N2O5S/c1-13(2)18(24-30(26,27)19-16(21)5-4-6-17(19)22)20(25)23-11-12-29-15-9-7-14(28-3)8-10-15/h4-10,13,18,24H,11-12H2,1-3H3,(H,23,25)/t18-/m1/s1. The third kappa shape index (κ3) is 6.50. The smallest absolute Gasteiger partial charge is 0.244 e. The van der Waals surface area contributed by atoms with E-state index in [4.69, 9.17) is 32.7 Å². The average molecular weight is 475 g/mol. The molecule has 10 heteroatoms. The number of benzene rings is 2. The van der Waals surface area contributed by atoms with E-state index in [1.165, 1.54) is 12.1 Å². The van der Waals surface area contributed by atoms with Gasteiger partial charge in [-0.05, 0) is 42.3 Å². The number of carbonyl (C=O) groups excluding carboxylic acids is 1. The molecule has 0 bridgehead atoms. The van der Waals surface area contributed by atoms with Gasteiger partial charge in [0.25, 0.3) is 0 Å². The van der Waals surface area contributed by atoms with Crippen molar-refractivity contribution in [3.63, 3.8) is 0 Å². The van der Waals surface area contributed by atoms with E-state index in [1.807, 2.05) is 0 Å². The maximum atomic E-state index is 12.8. The summed E-state index contributed by atoms with van der Waals surface area (Å²) in [5.74, 6) is 0.541. The van der Waals surface area contributed by atoms with Gasteiger partial charge in [-0.25, -0.2) is 8.42 Å². The third-order valence-corrected chi connectivity index (χ3v) is 6.54. The van der Waals surface area contributed by atoms with Crippen molar-refractivity contribution in [1.29, 1.82) is 0 Å². The van der Waals surface area contributed by atoms with Gasteiger partial charge >= 0.3 is 0 Å². The monoisotopic (exact) mass is 474 g/mol. The summed E-state index contributed by atoms with van der Waals surface area (Å²) in [6.07, 6.45) is 0. The molecule has 2 N–H and O–H groups in total. The molecule has 30 heavy (non-hydrogen) atoms. The molecule has 164 valence electrons. The lowest BCUT2D eigenvalue weighted by molar-refractivity contribution is -0.123. The minimum Gasteiger partial charge on any atom is -0.497 e. The predicted molar refractivity (Wildman–Crippen MR) is 117 cm³/mol. The SMILES string of the molecule is COc1ccc(OCCNC(=O)[C@H](NS(=O)(=O)c2c(Cl)cccc2Cl)C(C)C)cc1. The summed E-state index contributed by atoms with van der Waals surface area (Å²) in [4.78, 5) is 12.3. The van der Waals surface area contributed by atoms with Crippen LogP contribution in [0.5, 0.6) is 11.5 Å². The molecule has 1 atom stereocenters. The Labute approximate surface area is 186 Å². The van der Waals surface area contributed by atoms with Gasteiger partial charge < -0.3 is 14.8 Å². The maximum absolute atomic E-state index is 12.8. The normalized spacial score (nSPS) is 12.5. The summed E-state index contributed by atoms with van der Waals surface area (Å²) in [5.41, 5.74) is 0. The zero-order valence-electron chi connectivity index (χ0n) is 16.8. The Morgan fingerprint density at radius 3 is 2.13 bits per heavy atom. The number of nitrogens with one attached hydrogen (secondary N) is 2. The first-order valence-electron chi connectivity index (χ1n) is 9.16. The number of ether oxygens (including phenoxy) is 2. The van der Waals surface area contributed by atoms with Gasteiger partial charge in [-0.2, -0.15) is 4.72 Å². The van der Waals surface area contributed by atoms with E-state index in [9.17, 15) is 13.2 Å². The van der Waals surface area contributed by atoms with E-state index in [0.717, 1.165) is 0 Å². The summed E-state index contributed by atoms with van der Waals surface area (Å²) in [5, 5.41) is 2.63. The fourth-order valence-corrected chi connectivity index (χ4v) is 5.07. The molecule has 0 aliphatic rings. The Morgan fingerprint density at radius 1 is 1.03 bits per heavy atom. The molecule has 2 aromatic rings. The number of hydrogen-bond acceptors (Lipinski definition) is 5. The number of rotatable bonds is 10. The molecule has 0 spiro atoms. The van der Waals surface area contributed by atoms with E-state index in [2.05, 4.69) is 10.0 Å². The quantitative estimate of drug-likeness (QED) is 0.513. The zero-order chi connectivity index (χ0) is 22.3. The zero-order valence-corrected chi connectivity index (χ0v) is 19.1. The van der Waals surface area contributed by atoms with Gasteiger partial charge in [0, 0.05) is 0 Å². The highest BCUT2D eigenvalue weighted by atomic mass is 35.5. The molecule has 2 aromatic carbocycles. The van der Waals surface area contributed by atoms with Crippen molar-refractivity contribution in [3.8, 4) is 11.5 Å². The minimum atomic E-state index is -4.11. The van der Waals surface area contributed by atoms with Crippen LogP contribution >= 0.6 is 23.2 Å². The van der Waals surface area contributed by atoms with Crippen LogP contribution in [0.25, 0.3) is 0 Å². The van der Waals surface area contributed by atoms with E-state index >= 15 is 0 Å². The van der Waals surface area contributed by atoms with Gasteiger partial charge in [-0.1, -0.05) is 43.1 Å². The molecule has 0 saturated carbocycles. The fraction of sp³-hybridized carbons (Fsp3) is 0.350. The number of sulfonamides is 1. The van der Waals surface area contributed by atoms with Gasteiger partial charge in [0.15, 0.2) is 0 Å². The van der Waals surface area contributed by atoms with Crippen LogP contribution in [0.1, 0.15) is 13.8 Å². The van der Waals surface area contributed by atoms with Crippen molar-refractivity contribution in [3.05, 3.63) is 52.5 Å². The first-order valence-corrected chi connectivity index (χ1v) is 11.4. The number of carbonyl (C=O) groups is 1. The fourth-order valence-electron chi connectivity index (χ4n) is 2.58. The first kappa shape index (κ1) is 24.3. The Balaban J connectivity index is 1.97. The van der Waals surface area contributed by atoms with Crippen molar-refractivity contribution in [1.82, 2.24) is 10.0 Å². The van der Waals surface area contributed by atoms with Crippen LogP contribution in [0.4, 0.5) is 0 Å². The van der Waals surface area contributed by atoms with E-state index in [0.29, 0.717) is 11.5 Å². The van der Waals surface area contributed by atoms with E-state index in [-0.39, 0.29) is 34.0 Å². The van der Waals surface area contributed by atoms with Gasteiger partial charge in [0.1, 0.15) is 29.0 Å². The number of methoxy groups -OCH3 is 1. The Hall–Kier alpha value is -2.00. The second-order valence-electron chi connectivity index (χ2n) is 6.71. The number of hydrogen-bond donors (Lipinski definition) is 2. The van der Waals surface area contributed by atoms with E-state index < -0.39 is 22.0 Å². The lowest BCUT2D eigenvalue weighted by Crippen LogP contribution is -2.50. The predicted octanol–water partition coefficient (Wildman–Crippen LogP) is 3.50. The first-order chi connectivity index (χ1) is 14.2. The summed E-state index contributed by atoms with van der Waals surface area (Å²) in [6, 6.07) is 10.4. The van der Waals surface area contributed by atoms with Gasteiger partial charge in [0.05, 0.1) is 23.7 Å². The molecule has 0 aliphatic heterocycles. The molecular formula is C20H24Cl2N2O5S. The summed E-state index contributed by atoms with van der Waals surface area (Å²) in [7, 11) is -2.54. The highest BCUT2D eigenvalue weighted by molar-refractivity contribution is 7.89. The average Bonchev–Trinajstić information content (AvgIpc) is 2.69. The van der Waals surface area contributed by atoms with Crippen molar-refractivity contribution in [2.75, 3.05) is 20.3 Å². The maximum Gasteiger partial charge on any atom is 0.244 e. The molecule has 0 aliphatic carbocycles. The largest absolute Gasteiger partial charge is 0.497 e. The molecule has 0 radical (unpaired) electrons. The topological polar surface area (TPSA) is 93.7 Å². The molecule has 0 aromatic heterocycles. The van der Waals surface area contributed by atoms with Crippen molar-refractivity contribution in [2.24, 2.45) is 5.92 Å². The second kappa shape index (κ2) is 10.9. The lowest BCUT2D eigenvalue weighted by atomic mass is 10.1. The third-order valence-electron chi connectivity index (χ3n) is 4.15. The van der Waals surface area contributed by atoms with Crippen molar-refractivity contribution >= 4 is 39.1 Å². The molecule has 0 saturated heterocycles. The van der Waals surface area contributed by atoms with E-state index in [1.54, 1.807) is 51.3 Å². The summed E-state index contributed by atoms with van der Waals surface area (Å²) in [6.45, 7) is 3.87. The molecule has 2 rings (SSSR count). The molecule has 1 amide bonds. The number of amides is 1. The molecule has 0 heterocycles. The van der Waals surface area contributed by atoms with Crippen molar-refractivity contribution in [2.45, 2.75) is 24.8 Å². The molecular weight excluding hydrogens is 451 g/mol. The van der Waals surface area contributed by atoms with Crippen LogP contribution in [-0.2, 0) is 14.8 Å². The second-order valence-corrected chi connectivity index (χ2v) is 9.17. The Morgan fingerprint density at radius 2 is 1.60 bits per heavy atom. The van der Waals surface area contributed by atoms with Gasteiger partial charge in [-0.3, -0.25) is 4.79 Å². The Bertz CT molecular complexity index is 945. The summed E-state index contributed by atoms with van der Waals surface area (Å²) < 4.78 is 38.6. The molecule has 0 unspecified atom stereocenters. The highest BCUT2D eigenvalue weighted by Gasteiger charge is 2.30. The Kier molecular flexibility index (Phi) is 8.78.